The van der Waals surface area contributed by atoms with Crippen LogP contribution in [0.15, 0.2) is 48.5 Å². The first-order valence-electron chi connectivity index (χ1n) is 11.1. The fraction of sp³-hybridized carbons (Fsp3) is 0.400. The van der Waals surface area contributed by atoms with Crippen LogP contribution >= 0.6 is 0 Å². The molecule has 0 saturated heterocycles. The lowest BCUT2D eigenvalue weighted by Gasteiger charge is -2.26. The van der Waals surface area contributed by atoms with Crippen LogP contribution in [0.25, 0.3) is 11.1 Å². The molecule has 1 fully saturated rings. The quantitative estimate of drug-likeness (QED) is 0.574. The Morgan fingerprint density at radius 1 is 1.06 bits per heavy atom. The predicted octanol–water partition coefficient (Wildman–Crippen LogP) is 2.86. The van der Waals surface area contributed by atoms with Crippen molar-refractivity contribution in [1.82, 2.24) is 10.2 Å². The molecule has 2 amide bonds. The summed E-state index contributed by atoms with van der Waals surface area (Å²) in [6.45, 7) is -0.0158. The van der Waals surface area contributed by atoms with E-state index in [9.17, 15) is 19.5 Å². The van der Waals surface area contributed by atoms with E-state index in [1.165, 1.54) is 12.0 Å². The zero-order valence-corrected chi connectivity index (χ0v) is 18.5. The Balaban J connectivity index is 1.41. The number of carboxylic acid groups (broad SMARTS) is 1. The molecule has 8 heteroatoms. The number of rotatable bonds is 10. The number of benzene rings is 2. The van der Waals surface area contributed by atoms with Crippen LogP contribution in [0.2, 0.25) is 0 Å². The number of aliphatic carboxylic acids is 1. The molecule has 2 aromatic rings. The van der Waals surface area contributed by atoms with Crippen LogP contribution in [0.4, 0.5) is 4.79 Å². The van der Waals surface area contributed by atoms with Gasteiger partial charge in [-0.3, -0.25) is 9.59 Å². The van der Waals surface area contributed by atoms with Gasteiger partial charge in [-0.25, -0.2) is 4.79 Å². The van der Waals surface area contributed by atoms with E-state index in [1.54, 1.807) is 0 Å². The second-order valence-corrected chi connectivity index (χ2v) is 8.53. The minimum absolute atomic E-state index is 0.0795. The van der Waals surface area contributed by atoms with E-state index < -0.39 is 30.6 Å². The number of hydrogen-bond donors (Lipinski definition) is 2. The molecule has 0 radical (unpaired) electrons. The molecule has 2 aliphatic rings. The highest BCUT2D eigenvalue weighted by Gasteiger charge is 2.33. The maximum atomic E-state index is 13.0. The largest absolute Gasteiger partial charge is 0.480 e. The molecule has 174 valence electrons. The van der Waals surface area contributed by atoms with Crippen LogP contribution in [-0.4, -0.2) is 67.4 Å². The van der Waals surface area contributed by atoms with E-state index in [0.29, 0.717) is 12.5 Å². The molecule has 8 nitrogen and oxygen atoms in total. The highest BCUT2D eigenvalue weighted by atomic mass is 16.5. The average molecular weight is 453 g/mol. The van der Waals surface area contributed by atoms with Gasteiger partial charge in [0.05, 0.1) is 6.61 Å². The van der Waals surface area contributed by atoms with Crippen LogP contribution in [0.3, 0.4) is 0 Å². The lowest BCUT2D eigenvalue weighted by molar-refractivity contribution is -0.146. The second kappa shape index (κ2) is 10.0. The molecule has 0 heterocycles. The van der Waals surface area contributed by atoms with Crippen LogP contribution in [0.5, 0.6) is 0 Å². The van der Waals surface area contributed by atoms with E-state index in [1.807, 2.05) is 36.4 Å². The second-order valence-electron chi connectivity index (χ2n) is 8.53. The Morgan fingerprint density at radius 3 is 2.21 bits per heavy atom. The minimum atomic E-state index is -1.10. The molecular formula is C25H28N2O6. The Morgan fingerprint density at radius 2 is 1.67 bits per heavy atom. The van der Waals surface area contributed by atoms with Gasteiger partial charge < -0.3 is 24.8 Å². The lowest BCUT2D eigenvalue weighted by Crippen LogP contribution is -2.52. The fourth-order valence-electron chi connectivity index (χ4n) is 4.35. The Kier molecular flexibility index (Phi) is 6.93. The average Bonchev–Trinajstić information content (AvgIpc) is 3.57. The number of amides is 2. The van der Waals surface area contributed by atoms with Crippen molar-refractivity contribution in [2.75, 3.05) is 33.4 Å². The number of carboxylic acids is 1. The summed E-state index contributed by atoms with van der Waals surface area (Å²) >= 11 is 0. The summed E-state index contributed by atoms with van der Waals surface area (Å²) in [5.41, 5.74) is 4.43. The highest BCUT2D eigenvalue weighted by molar-refractivity contribution is 5.88. The van der Waals surface area contributed by atoms with E-state index in [-0.39, 0.29) is 19.1 Å². The summed E-state index contributed by atoms with van der Waals surface area (Å²) < 4.78 is 10.6. The molecule has 2 aromatic carbocycles. The van der Waals surface area contributed by atoms with Gasteiger partial charge in [0.15, 0.2) is 0 Å². The van der Waals surface area contributed by atoms with Gasteiger partial charge in [-0.05, 0) is 41.0 Å². The number of ether oxygens (including phenoxy) is 2. The Bertz CT molecular complexity index is 990. The monoisotopic (exact) mass is 452 g/mol. The Labute approximate surface area is 192 Å². The van der Waals surface area contributed by atoms with Crippen molar-refractivity contribution < 1.29 is 29.0 Å². The third kappa shape index (κ3) is 5.34. The first-order valence-corrected chi connectivity index (χ1v) is 11.1. The van der Waals surface area contributed by atoms with Gasteiger partial charge in [-0.1, -0.05) is 48.5 Å². The van der Waals surface area contributed by atoms with Crippen molar-refractivity contribution in [2.24, 2.45) is 5.92 Å². The first-order chi connectivity index (χ1) is 16.0. The number of alkyl carbamates (subject to hydrolysis) is 1. The van der Waals surface area contributed by atoms with Crippen LogP contribution in [0, 0.1) is 5.92 Å². The molecule has 1 unspecified atom stereocenters. The van der Waals surface area contributed by atoms with Gasteiger partial charge in [-0.15, -0.1) is 0 Å². The molecular weight excluding hydrogens is 424 g/mol. The zero-order chi connectivity index (χ0) is 23.4. The van der Waals surface area contributed by atoms with E-state index in [4.69, 9.17) is 9.47 Å². The number of carbonyl (C=O) groups excluding carboxylic acids is 2. The molecule has 0 aliphatic heterocycles. The standard InChI is InChI=1S/C25H28N2O6/c1-32-15-22(24(30)27(13-23(28)29)12-16-10-11-16)26-25(31)33-14-21-19-8-4-2-6-17(19)18-7-3-5-9-20(18)21/h2-9,16,21-22H,10-15H2,1H3,(H,26,31)(H,28,29). The molecule has 0 aromatic heterocycles. The van der Waals surface area contributed by atoms with Gasteiger partial charge in [0.1, 0.15) is 19.2 Å². The maximum absolute atomic E-state index is 13.0. The minimum Gasteiger partial charge on any atom is -0.480 e. The van der Waals surface area contributed by atoms with Gasteiger partial charge in [0.25, 0.3) is 0 Å². The van der Waals surface area contributed by atoms with Crippen molar-refractivity contribution in [1.29, 1.82) is 0 Å². The molecule has 0 spiro atoms. The zero-order valence-electron chi connectivity index (χ0n) is 18.5. The van der Waals surface area contributed by atoms with Crippen molar-refractivity contribution in [2.45, 2.75) is 24.8 Å². The molecule has 33 heavy (non-hydrogen) atoms. The lowest BCUT2D eigenvalue weighted by atomic mass is 9.98. The smallest absolute Gasteiger partial charge is 0.407 e. The van der Waals surface area contributed by atoms with Crippen molar-refractivity contribution in [3.8, 4) is 11.1 Å². The van der Waals surface area contributed by atoms with Crippen LogP contribution in [-0.2, 0) is 19.1 Å². The van der Waals surface area contributed by atoms with Crippen LogP contribution in [0.1, 0.15) is 29.9 Å². The first kappa shape index (κ1) is 22.8. The number of nitrogens with zero attached hydrogens (tertiary/aromatic N) is 1. The number of nitrogens with one attached hydrogen (secondary N) is 1. The predicted molar refractivity (Wildman–Crippen MR) is 121 cm³/mol. The summed E-state index contributed by atoms with van der Waals surface area (Å²) in [6, 6.07) is 15.0. The van der Waals surface area contributed by atoms with Gasteiger partial charge in [0, 0.05) is 19.6 Å². The third-order valence-electron chi connectivity index (χ3n) is 6.08. The van der Waals surface area contributed by atoms with E-state index in [0.717, 1.165) is 35.1 Å². The summed E-state index contributed by atoms with van der Waals surface area (Å²) in [6.07, 6.45) is 1.20. The number of methoxy groups -OCH3 is 1. The number of fused-ring (bicyclic) bond motifs is 3. The number of carbonyl (C=O) groups is 3. The number of hydrogen-bond acceptors (Lipinski definition) is 5. The third-order valence-corrected chi connectivity index (χ3v) is 6.08. The normalized spacial score (nSPS) is 15.3. The van der Waals surface area contributed by atoms with Crippen molar-refractivity contribution in [3.05, 3.63) is 59.7 Å². The van der Waals surface area contributed by atoms with E-state index in [2.05, 4.69) is 17.4 Å². The highest BCUT2D eigenvalue weighted by Crippen LogP contribution is 2.44. The summed E-state index contributed by atoms with van der Waals surface area (Å²) in [4.78, 5) is 38.1. The molecule has 1 saturated carbocycles. The van der Waals surface area contributed by atoms with Crippen molar-refractivity contribution in [3.63, 3.8) is 0 Å². The molecule has 4 rings (SSSR count). The fourth-order valence-corrected chi connectivity index (χ4v) is 4.35. The maximum Gasteiger partial charge on any atom is 0.407 e. The molecule has 2 aliphatic carbocycles. The van der Waals surface area contributed by atoms with Gasteiger partial charge in [0.2, 0.25) is 5.91 Å². The topological polar surface area (TPSA) is 105 Å². The summed E-state index contributed by atoms with van der Waals surface area (Å²) in [7, 11) is 1.42. The molecule has 1 atom stereocenters. The van der Waals surface area contributed by atoms with Crippen LogP contribution < -0.4 is 5.32 Å². The Hall–Kier alpha value is -3.39. The summed E-state index contributed by atoms with van der Waals surface area (Å²) in [5.74, 6) is -1.37. The van der Waals surface area contributed by atoms with Gasteiger partial charge >= 0.3 is 12.1 Å². The van der Waals surface area contributed by atoms with E-state index >= 15 is 0 Å². The van der Waals surface area contributed by atoms with Gasteiger partial charge in [-0.2, -0.15) is 0 Å². The SMILES string of the molecule is COCC(NC(=O)OCC1c2ccccc2-c2ccccc21)C(=O)N(CC(=O)O)CC1CC1. The van der Waals surface area contributed by atoms with Crippen molar-refractivity contribution >= 4 is 18.0 Å². The molecule has 0 bridgehead atoms. The molecule has 2 N–H and O–H groups in total. The summed E-state index contributed by atoms with van der Waals surface area (Å²) in [5, 5.41) is 11.8.